The van der Waals surface area contributed by atoms with Gasteiger partial charge in [-0.3, -0.25) is 9.59 Å². The number of aliphatic hydroxyl groups is 2. The fraction of sp³-hybridized carbons (Fsp3) is 0.882. The van der Waals surface area contributed by atoms with Crippen LogP contribution in [0.4, 0.5) is 0 Å². The molecular formula is C34H50ClCuN6O4+. The van der Waals surface area contributed by atoms with Gasteiger partial charge in [0, 0.05) is 24.2 Å². The van der Waals surface area contributed by atoms with E-state index in [4.69, 9.17) is 10.5 Å². The molecular weight excluding hydrogens is 655 g/mol. The number of halogens is 1. The Balaban J connectivity index is 0.000000174. The monoisotopic (exact) mass is 704 g/mol. The van der Waals surface area contributed by atoms with Crippen molar-refractivity contribution in [2.24, 2.45) is 23.7 Å². The van der Waals surface area contributed by atoms with E-state index in [0.29, 0.717) is 49.9 Å². The van der Waals surface area contributed by atoms with E-state index in [0.717, 1.165) is 89.9 Å². The molecule has 10 nitrogen and oxygen atoms in total. The summed E-state index contributed by atoms with van der Waals surface area (Å²) in [5.41, 5.74) is -1.08. The maximum Gasteiger partial charge on any atom is 2.00 e. The van der Waals surface area contributed by atoms with E-state index in [1.54, 1.807) is 9.80 Å². The van der Waals surface area contributed by atoms with Crippen LogP contribution in [0.1, 0.15) is 103 Å². The molecule has 8 saturated carbocycles. The second kappa shape index (κ2) is 13.5. The van der Waals surface area contributed by atoms with Gasteiger partial charge >= 0.3 is 17.1 Å². The van der Waals surface area contributed by atoms with Gasteiger partial charge in [0.25, 0.3) is 0 Å². The van der Waals surface area contributed by atoms with Crippen molar-refractivity contribution in [3.8, 4) is 12.1 Å². The molecule has 10 rings (SSSR count). The second-order valence-corrected chi connectivity index (χ2v) is 16.4. The van der Waals surface area contributed by atoms with Gasteiger partial charge in [-0.05, 0) is 126 Å². The van der Waals surface area contributed by atoms with Crippen LogP contribution in [0.3, 0.4) is 0 Å². The molecule has 8 bridgehead atoms. The SMILES string of the molecule is N#C[C@@H]1CCCN1C(=O)CNC12CC3CC(CC(O)(C3)C1)C2.N#C[C@@H]1CCCN1C(=O)CNC12CC3CC(CC(O)(C3)C1)C2.[Cl-].[Cu+2]. The number of likely N-dealkylation sites (tertiary alicyclic amines) is 2. The molecule has 0 aromatic rings. The van der Waals surface area contributed by atoms with Gasteiger partial charge in [-0.1, -0.05) is 0 Å². The van der Waals surface area contributed by atoms with Crippen molar-refractivity contribution in [3.05, 3.63) is 0 Å². The largest absolute Gasteiger partial charge is 2.00 e. The molecule has 8 aliphatic carbocycles. The van der Waals surface area contributed by atoms with E-state index in [9.17, 15) is 19.8 Å². The van der Waals surface area contributed by atoms with Gasteiger partial charge in [0.15, 0.2) is 0 Å². The number of carbonyl (C=O) groups excluding carboxylic acids is 2. The maximum atomic E-state index is 12.4. The first-order valence-corrected chi connectivity index (χ1v) is 17.3. The zero-order valence-electron chi connectivity index (χ0n) is 26.8. The Hall–Kier alpha value is -1.43. The summed E-state index contributed by atoms with van der Waals surface area (Å²) in [7, 11) is 0. The molecule has 257 valence electrons. The van der Waals surface area contributed by atoms with E-state index < -0.39 is 11.2 Å². The first-order chi connectivity index (χ1) is 21.0. The van der Waals surface area contributed by atoms with E-state index in [-0.39, 0.29) is 64.5 Å². The zero-order chi connectivity index (χ0) is 30.7. The summed E-state index contributed by atoms with van der Waals surface area (Å²) >= 11 is 0. The summed E-state index contributed by atoms with van der Waals surface area (Å²) in [4.78, 5) is 28.3. The Bertz CT molecular complexity index is 1130. The quantitative estimate of drug-likeness (QED) is 0.266. The minimum atomic E-state index is -0.497. The molecule has 10 aliphatic rings. The second-order valence-electron chi connectivity index (χ2n) is 16.4. The number of rotatable bonds is 6. The minimum Gasteiger partial charge on any atom is -1.00 e. The summed E-state index contributed by atoms with van der Waals surface area (Å²) in [6.07, 6.45) is 15.7. The van der Waals surface area contributed by atoms with Crippen LogP contribution in [0.2, 0.25) is 0 Å². The number of nitrogens with zero attached hydrogens (tertiary/aromatic N) is 4. The van der Waals surface area contributed by atoms with Crippen molar-refractivity contribution in [1.29, 1.82) is 10.5 Å². The van der Waals surface area contributed by atoms with E-state index in [2.05, 4.69) is 22.8 Å². The summed E-state index contributed by atoms with van der Waals surface area (Å²) in [5.74, 6) is 2.57. The topological polar surface area (TPSA) is 153 Å². The molecule has 6 atom stereocenters. The summed E-state index contributed by atoms with van der Waals surface area (Å²) < 4.78 is 0. The zero-order valence-corrected chi connectivity index (χ0v) is 28.5. The first-order valence-electron chi connectivity index (χ1n) is 17.3. The molecule has 2 aliphatic heterocycles. The molecule has 46 heavy (non-hydrogen) atoms. The van der Waals surface area contributed by atoms with Crippen molar-refractivity contribution in [2.75, 3.05) is 26.2 Å². The fourth-order valence-electron chi connectivity index (χ4n) is 12.0. The van der Waals surface area contributed by atoms with Crippen LogP contribution in [-0.4, -0.2) is 92.4 Å². The van der Waals surface area contributed by atoms with E-state index in [1.165, 1.54) is 12.8 Å². The molecule has 4 unspecified atom stereocenters. The number of hydrogen-bond acceptors (Lipinski definition) is 8. The van der Waals surface area contributed by atoms with E-state index in [1.807, 2.05) is 0 Å². The van der Waals surface area contributed by atoms with Gasteiger partial charge in [0.2, 0.25) is 11.8 Å². The van der Waals surface area contributed by atoms with Gasteiger partial charge < -0.3 is 43.1 Å². The third-order valence-electron chi connectivity index (χ3n) is 12.7. The minimum absolute atomic E-state index is 0. The Morgan fingerprint density at radius 3 is 1.33 bits per heavy atom. The normalized spacial score (nSPS) is 44.0. The van der Waals surface area contributed by atoms with Crippen molar-refractivity contribution in [3.63, 3.8) is 0 Å². The van der Waals surface area contributed by atoms with Crippen LogP contribution < -0.4 is 23.0 Å². The molecule has 12 heteroatoms. The molecule has 0 aromatic carbocycles. The van der Waals surface area contributed by atoms with Crippen molar-refractivity contribution >= 4 is 11.8 Å². The van der Waals surface area contributed by atoms with Crippen LogP contribution in [0.25, 0.3) is 0 Å². The number of nitriles is 2. The predicted octanol–water partition coefficient (Wildman–Crippen LogP) is -0.650. The van der Waals surface area contributed by atoms with Crippen LogP contribution in [0, 0.1) is 46.3 Å². The van der Waals surface area contributed by atoms with Crippen molar-refractivity contribution in [2.45, 2.75) is 137 Å². The third-order valence-corrected chi connectivity index (χ3v) is 12.7. The molecule has 0 spiro atoms. The molecule has 0 aromatic heterocycles. The summed E-state index contributed by atoms with van der Waals surface area (Å²) in [6, 6.07) is 3.98. The van der Waals surface area contributed by atoms with Crippen LogP contribution >= 0.6 is 0 Å². The third kappa shape index (κ3) is 6.99. The Labute approximate surface area is 290 Å². The Kier molecular flexibility index (Phi) is 10.5. The standard InChI is InChI=1S/2C17H25N3O2.ClH.Cu/c2*18-9-14-2-1-3-20(14)15(21)10-19-16-5-12-4-13(6-16)8-17(22,7-12)11-16;;/h2*12-14,19,22H,1-8,10-11H2;1H;/q;;;+2/p-1/t2*12?,13?,14-,16?,17?;;/m00../s1. The van der Waals surface area contributed by atoms with Gasteiger partial charge in [-0.25, -0.2) is 0 Å². The predicted molar refractivity (Wildman–Crippen MR) is 161 cm³/mol. The number of amides is 2. The average Bonchev–Trinajstić information content (AvgIpc) is 3.62. The summed E-state index contributed by atoms with van der Waals surface area (Å²) in [6.45, 7) is 2.04. The fourth-order valence-corrected chi connectivity index (χ4v) is 12.0. The van der Waals surface area contributed by atoms with Gasteiger partial charge in [0.1, 0.15) is 12.1 Å². The molecule has 1 radical (unpaired) electrons. The first kappa shape index (κ1) is 35.9. The Morgan fingerprint density at radius 1 is 0.674 bits per heavy atom. The van der Waals surface area contributed by atoms with Crippen LogP contribution in [-0.2, 0) is 26.7 Å². The number of carbonyl (C=O) groups is 2. The van der Waals surface area contributed by atoms with Gasteiger partial charge in [0.05, 0.1) is 36.4 Å². The molecule has 4 N–H and O–H groups in total. The van der Waals surface area contributed by atoms with Gasteiger partial charge in [-0.15, -0.1) is 0 Å². The molecule has 10 fully saturated rings. The van der Waals surface area contributed by atoms with Gasteiger partial charge in [-0.2, -0.15) is 10.5 Å². The Morgan fingerprint density at radius 2 is 1.02 bits per heavy atom. The van der Waals surface area contributed by atoms with Crippen LogP contribution in [0.5, 0.6) is 0 Å². The average molecular weight is 706 g/mol. The summed E-state index contributed by atoms with van der Waals surface area (Å²) in [5, 5.41) is 46.8. The number of nitrogens with one attached hydrogen (secondary N) is 2. The smallest absolute Gasteiger partial charge is 1.00 e. The maximum absolute atomic E-state index is 12.4. The molecule has 2 heterocycles. The van der Waals surface area contributed by atoms with E-state index >= 15 is 0 Å². The molecule has 2 saturated heterocycles. The molecule has 2 amide bonds. The van der Waals surface area contributed by atoms with Crippen LogP contribution in [0.15, 0.2) is 0 Å². The number of hydrogen-bond donors (Lipinski definition) is 4. The van der Waals surface area contributed by atoms with Crippen molar-refractivity contribution in [1.82, 2.24) is 20.4 Å². The van der Waals surface area contributed by atoms with Crippen molar-refractivity contribution < 1.29 is 49.3 Å².